The van der Waals surface area contributed by atoms with E-state index in [0.29, 0.717) is 12.6 Å². The summed E-state index contributed by atoms with van der Waals surface area (Å²) in [5.41, 5.74) is 0. The molecule has 4 heteroatoms. The quantitative estimate of drug-likeness (QED) is 0.840. The monoisotopic (exact) mass is 268 g/mol. The smallest absolute Gasteiger partial charge is 0.236 e. The number of carbonyl (C=O) groups excluding carboxylic acids is 1. The van der Waals surface area contributed by atoms with Crippen molar-refractivity contribution in [3.63, 3.8) is 0 Å². The fraction of sp³-hybridized carbons (Fsp3) is 0.933. The molecule has 0 spiro atoms. The van der Waals surface area contributed by atoms with Gasteiger partial charge in [-0.2, -0.15) is 0 Å². The van der Waals surface area contributed by atoms with Crippen LogP contribution in [0.2, 0.25) is 0 Å². The molecule has 0 bridgehead atoms. The molecule has 1 saturated carbocycles. The summed E-state index contributed by atoms with van der Waals surface area (Å²) in [6.07, 6.45) is 6.90. The number of amides is 1. The Morgan fingerprint density at radius 2 is 1.95 bits per heavy atom. The van der Waals surface area contributed by atoms with Gasteiger partial charge < -0.3 is 10.0 Å². The normalized spacial score (nSPS) is 32.5. The number of likely N-dealkylation sites (tertiary alicyclic amines) is 1. The summed E-state index contributed by atoms with van der Waals surface area (Å²) in [5, 5.41) is 9.30. The molecule has 1 amide bonds. The van der Waals surface area contributed by atoms with E-state index in [9.17, 15) is 9.90 Å². The lowest BCUT2D eigenvalue weighted by atomic mass is 9.87. The van der Waals surface area contributed by atoms with Crippen LogP contribution in [0.25, 0.3) is 0 Å². The van der Waals surface area contributed by atoms with Crippen molar-refractivity contribution in [2.75, 3.05) is 26.7 Å². The van der Waals surface area contributed by atoms with Crippen molar-refractivity contribution in [3.05, 3.63) is 0 Å². The van der Waals surface area contributed by atoms with E-state index in [0.717, 1.165) is 38.1 Å². The molecule has 2 fully saturated rings. The highest BCUT2D eigenvalue weighted by Crippen LogP contribution is 2.26. The zero-order valence-electron chi connectivity index (χ0n) is 12.3. The van der Waals surface area contributed by atoms with Crippen LogP contribution in [0, 0.1) is 5.92 Å². The summed E-state index contributed by atoms with van der Waals surface area (Å²) in [4.78, 5) is 16.4. The minimum atomic E-state index is 0.179. The molecule has 0 aromatic heterocycles. The summed E-state index contributed by atoms with van der Waals surface area (Å²) in [5.74, 6) is 1.04. The van der Waals surface area contributed by atoms with Crippen molar-refractivity contribution < 1.29 is 9.90 Å². The Bertz CT molecular complexity index is 301. The number of hydrogen-bond acceptors (Lipinski definition) is 3. The van der Waals surface area contributed by atoms with E-state index >= 15 is 0 Å². The molecule has 1 atom stereocenters. The predicted octanol–water partition coefficient (Wildman–Crippen LogP) is 1.48. The van der Waals surface area contributed by atoms with Crippen LogP contribution >= 0.6 is 0 Å². The number of likely N-dealkylation sites (N-methyl/N-ethyl adjacent to an activating group) is 1. The molecule has 19 heavy (non-hydrogen) atoms. The van der Waals surface area contributed by atoms with Crippen LogP contribution in [0.15, 0.2) is 0 Å². The first-order valence-corrected chi connectivity index (χ1v) is 7.72. The average molecular weight is 268 g/mol. The third-order valence-corrected chi connectivity index (χ3v) is 4.97. The van der Waals surface area contributed by atoms with Gasteiger partial charge in [0.25, 0.3) is 0 Å². The molecule has 2 rings (SSSR count). The molecule has 110 valence electrons. The average Bonchev–Trinajstić information content (AvgIpc) is 2.86. The summed E-state index contributed by atoms with van der Waals surface area (Å²) in [7, 11) is 1.95. The minimum Gasteiger partial charge on any atom is -0.395 e. The van der Waals surface area contributed by atoms with Gasteiger partial charge in [0, 0.05) is 19.1 Å². The molecule has 1 aliphatic heterocycles. The molecule has 1 unspecified atom stereocenters. The fourth-order valence-corrected chi connectivity index (χ4v) is 3.43. The van der Waals surface area contributed by atoms with Crippen LogP contribution in [-0.2, 0) is 4.79 Å². The molecule has 1 N–H and O–H groups in total. The van der Waals surface area contributed by atoms with Gasteiger partial charge in [-0.05, 0) is 51.0 Å². The van der Waals surface area contributed by atoms with Gasteiger partial charge in [-0.1, -0.05) is 6.92 Å². The lowest BCUT2D eigenvalue weighted by Crippen LogP contribution is -2.46. The second-order valence-corrected chi connectivity index (χ2v) is 6.37. The van der Waals surface area contributed by atoms with Gasteiger partial charge in [0.1, 0.15) is 0 Å². The van der Waals surface area contributed by atoms with Crippen LogP contribution in [0.4, 0.5) is 0 Å². The standard InChI is InChI=1S/C15H28N2O2/c1-12-5-7-13(8-6-12)16(2)15(19)10-17-9-3-4-14(17)11-18/h12-14,18H,3-11H2,1-2H3. The number of nitrogens with zero attached hydrogens (tertiary/aromatic N) is 2. The first-order chi connectivity index (χ1) is 9.11. The summed E-state index contributed by atoms with van der Waals surface area (Å²) in [6.45, 7) is 3.91. The van der Waals surface area contributed by atoms with Crippen molar-refractivity contribution in [1.29, 1.82) is 0 Å². The van der Waals surface area contributed by atoms with Crippen LogP contribution in [0.5, 0.6) is 0 Å². The third-order valence-electron chi connectivity index (χ3n) is 4.97. The highest BCUT2D eigenvalue weighted by molar-refractivity contribution is 5.78. The van der Waals surface area contributed by atoms with E-state index < -0.39 is 0 Å². The molecular weight excluding hydrogens is 240 g/mol. The number of aliphatic hydroxyl groups is 1. The second-order valence-electron chi connectivity index (χ2n) is 6.37. The summed E-state index contributed by atoms with van der Waals surface area (Å²) < 4.78 is 0. The Labute approximate surface area is 116 Å². The third kappa shape index (κ3) is 3.69. The summed E-state index contributed by atoms with van der Waals surface area (Å²) >= 11 is 0. The van der Waals surface area contributed by atoms with Gasteiger partial charge in [0.2, 0.25) is 5.91 Å². The van der Waals surface area contributed by atoms with Gasteiger partial charge in [0.05, 0.1) is 13.2 Å². The zero-order chi connectivity index (χ0) is 13.8. The maximum atomic E-state index is 12.3. The molecule has 0 aromatic rings. The largest absolute Gasteiger partial charge is 0.395 e. The molecular formula is C15H28N2O2. The first kappa shape index (κ1) is 14.8. The minimum absolute atomic E-state index is 0.179. The maximum absolute atomic E-state index is 12.3. The van der Waals surface area contributed by atoms with E-state index in [-0.39, 0.29) is 18.6 Å². The van der Waals surface area contributed by atoms with Gasteiger partial charge in [0.15, 0.2) is 0 Å². The Hall–Kier alpha value is -0.610. The first-order valence-electron chi connectivity index (χ1n) is 7.72. The highest BCUT2D eigenvalue weighted by atomic mass is 16.3. The Kier molecular flexibility index (Phi) is 5.22. The Morgan fingerprint density at radius 3 is 2.58 bits per heavy atom. The fourth-order valence-electron chi connectivity index (χ4n) is 3.43. The molecule has 4 nitrogen and oxygen atoms in total. The van der Waals surface area contributed by atoms with Gasteiger partial charge in [-0.25, -0.2) is 0 Å². The van der Waals surface area contributed by atoms with E-state index in [1.807, 2.05) is 11.9 Å². The van der Waals surface area contributed by atoms with E-state index in [1.165, 1.54) is 12.8 Å². The van der Waals surface area contributed by atoms with E-state index in [4.69, 9.17) is 0 Å². The van der Waals surface area contributed by atoms with Crippen LogP contribution in [0.3, 0.4) is 0 Å². The van der Waals surface area contributed by atoms with Crippen molar-refractivity contribution in [2.24, 2.45) is 5.92 Å². The number of rotatable bonds is 4. The van der Waals surface area contributed by atoms with Gasteiger partial charge in [-0.15, -0.1) is 0 Å². The molecule has 1 heterocycles. The molecule has 0 radical (unpaired) electrons. The van der Waals surface area contributed by atoms with Crippen LogP contribution in [0.1, 0.15) is 45.4 Å². The zero-order valence-corrected chi connectivity index (χ0v) is 12.3. The van der Waals surface area contributed by atoms with Crippen molar-refractivity contribution in [1.82, 2.24) is 9.80 Å². The Balaban J connectivity index is 1.82. The van der Waals surface area contributed by atoms with Crippen molar-refractivity contribution >= 4 is 5.91 Å². The number of aliphatic hydroxyl groups excluding tert-OH is 1. The number of carbonyl (C=O) groups is 1. The second kappa shape index (κ2) is 6.71. The van der Waals surface area contributed by atoms with Gasteiger partial charge >= 0.3 is 0 Å². The van der Waals surface area contributed by atoms with E-state index in [1.54, 1.807) is 0 Å². The van der Waals surface area contributed by atoms with Gasteiger partial charge in [-0.3, -0.25) is 9.69 Å². The predicted molar refractivity (Wildman–Crippen MR) is 75.9 cm³/mol. The maximum Gasteiger partial charge on any atom is 0.236 e. The SMILES string of the molecule is CC1CCC(N(C)C(=O)CN2CCCC2CO)CC1. The number of hydrogen-bond donors (Lipinski definition) is 1. The lowest BCUT2D eigenvalue weighted by molar-refractivity contribution is -0.134. The molecule has 1 saturated heterocycles. The van der Waals surface area contributed by atoms with Crippen LogP contribution in [-0.4, -0.2) is 59.6 Å². The lowest BCUT2D eigenvalue weighted by Gasteiger charge is -2.35. The Morgan fingerprint density at radius 1 is 1.26 bits per heavy atom. The highest BCUT2D eigenvalue weighted by Gasteiger charge is 2.29. The summed E-state index contributed by atoms with van der Waals surface area (Å²) in [6, 6.07) is 0.627. The molecule has 1 aliphatic carbocycles. The van der Waals surface area contributed by atoms with E-state index in [2.05, 4.69) is 11.8 Å². The van der Waals surface area contributed by atoms with Crippen molar-refractivity contribution in [3.8, 4) is 0 Å². The topological polar surface area (TPSA) is 43.8 Å². The molecule has 2 aliphatic rings. The van der Waals surface area contributed by atoms with Crippen LogP contribution < -0.4 is 0 Å². The molecule has 0 aromatic carbocycles. The van der Waals surface area contributed by atoms with Crippen molar-refractivity contribution in [2.45, 2.75) is 57.5 Å².